The fourth-order valence-electron chi connectivity index (χ4n) is 1.93. The normalized spacial score (nSPS) is 10.6. The van der Waals surface area contributed by atoms with Crippen LogP contribution < -0.4 is 4.74 Å². The van der Waals surface area contributed by atoms with Crippen molar-refractivity contribution in [1.82, 2.24) is 4.98 Å². The van der Waals surface area contributed by atoms with E-state index in [4.69, 9.17) is 4.74 Å². The number of benzene rings is 2. The van der Waals surface area contributed by atoms with Crippen LogP contribution in [-0.2, 0) is 6.61 Å². The summed E-state index contributed by atoms with van der Waals surface area (Å²) in [6.45, 7) is 0.538. The zero-order valence-corrected chi connectivity index (χ0v) is 11.8. The van der Waals surface area contributed by atoms with Crippen LogP contribution in [-0.4, -0.2) is 4.98 Å². The van der Waals surface area contributed by atoms with Crippen LogP contribution in [0.5, 0.6) is 5.75 Å². The second-order valence-corrected chi connectivity index (χ2v) is 5.22. The molecule has 0 atom stereocenters. The number of fused-ring (bicyclic) bond motifs is 1. The van der Waals surface area contributed by atoms with E-state index in [2.05, 4.69) is 45.2 Å². The van der Waals surface area contributed by atoms with E-state index in [1.54, 1.807) is 6.20 Å². The highest BCUT2D eigenvalue weighted by Crippen LogP contribution is 2.24. The van der Waals surface area contributed by atoms with Crippen LogP contribution in [0.1, 0.15) is 5.56 Å². The van der Waals surface area contributed by atoms with Gasteiger partial charge in [0.05, 0.1) is 0 Å². The first-order valence-electron chi connectivity index (χ1n) is 6.02. The number of hydrogen-bond donors (Lipinski definition) is 0. The van der Waals surface area contributed by atoms with Gasteiger partial charge in [-0.25, -0.2) is 0 Å². The number of rotatable bonds is 3. The van der Waals surface area contributed by atoms with Crippen molar-refractivity contribution >= 4 is 26.7 Å². The molecular formula is C16H12BrNO. The van der Waals surface area contributed by atoms with Crippen molar-refractivity contribution in [3.8, 4) is 5.75 Å². The summed E-state index contributed by atoms with van der Waals surface area (Å²) in [5.74, 6) is 0.874. The average molecular weight is 314 g/mol. The number of ether oxygens (including phenoxy) is 1. The fraction of sp³-hybridized carbons (Fsp3) is 0.0625. The molecule has 0 unspecified atom stereocenters. The van der Waals surface area contributed by atoms with Gasteiger partial charge in [0.1, 0.15) is 12.4 Å². The van der Waals surface area contributed by atoms with Gasteiger partial charge in [0.2, 0.25) is 0 Å². The first kappa shape index (κ1) is 12.2. The Balaban J connectivity index is 1.80. The van der Waals surface area contributed by atoms with Crippen molar-refractivity contribution < 1.29 is 4.74 Å². The molecule has 0 saturated heterocycles. The zero-order chi connectivity index (χ0) is 13.1. The maximum Gasteiger partial charge on any atom is 0.120 e. The number of aromatic nitrogens is 1. The Hall–Kier alpha value is -1.87. The summed E-state index contributed by atoms with van der Waals surface area (Å²) in [6, 6.07) is 16.2. The predicted octanol–water partition coefficient (Wildman–Crippen LogP) is 4.58. The molecule has 94 valence electrons. The van der Waals surface area contributed by atoms with E-state index in [1.165, 1.54) is 10.8 Å². The lowest BCUT2D eigenvalue weighted by atomic mass is 10.1. The van der Waals surface area contributed by atoms with E-state index in [-0.39, 0.29) is 0 Å². The second-order valence-electron chi connectivity index (χ2n) is 4.30. The molecule has 2 aromatic carbocycles. The van der Waals surface area contributed by atoms with Crippen LogP contribution in [0.25, 0.3) is 10.8 Å². The van der Waals surface area contributed by atoms with Gasteiger partial charge >= 0.3 is 0 Å². The van der Waals surface area contributed by atoms with Gasteiger partial charge in [-0.3, -0.25) is 4.98 Å². The molecule has 0 N–H and O–H groups in total. The first-order valence-corrected chi connectivity index (χ1v) is 6.81. The topological polar surface area (TPSA) is 22.1 Å². The minimum absolute atomic E-state index is 0.538. The maximum absolute atomic E-state index is 5.78. The van der Waals surface area contributed by atoms with E-state index in [0.717, 1.165) is 15.8 Å². The molecule has 1 heterocycles. The second kappa shape index (κ2) is 5.41. The zero-order valence-electron chi connectivity index (χ0n) is 10.2. The van der Waals surface area contributed by atoms with E-state index in [1.807, 2.05) is 30.5 Å². The predicted molar refractivity (Wildman–Crippen MR) is 80.2 cm³/mol. The third-order valence-corrected chi connectivity index (χ3v) is 3.40. The quantitative estimate of drug-likeness (QED) is 0.706. The van der Waals surface area contributed by atoms with Crippen LogP contribution in [0.4, 0.5) is 0 Å². The Morgan fingerprint density at radius 2 is 1.84 bits per heavy atom. The van der Waals surface area contributed by atoms with Crippen LogP contribution >= 0.6 is 15.9 Å². The van der Waals surface area contributed by atoms with Gasteiger partial charge < -0.3 is 4.74 Å². The monoisotopic (exact) mass is 313 g/mol. The van der Waals surface area contributed by atoms with Gasteiger partial charge in [0.25, 0.3) is 0 Å². The first-order chi connectivity index (χ1) is 9.31. The Morgan fingerprint density at radius 3 is 2.68 bits per heavy atom. The SMILES string of the molecule is Brc1ccc2cc(OCc3cccnc3)ccc2c1. The molecule has 0 aliphatic carbocycles. The molecule has 3 aromatic rings. The molecule has 0 aliphatic heterocycles. The Bertz CT molecular complexity index is 697. The summed E-state index contributed by atoms with van der Waals surface area (Å²) in [4.78, 5) is 4.07. The summed E-state index contributed by atoms with van der Waals surface area (Å²) >= 11 is 3.47. The van der Waals surface area contributed by atoms with Gasteiger partial charge in [-0.1, -0.05) is 34.1 Å². The minimum Gasteiger partial charge on any atom is -0.489 e. The van der Waals surface area contributed by atoms with Gasteiger partial charge in [-0.05, 0) is 41.1 Å². The summed E-state index contributed by atoms with van der Waals surface area (Å²) in [5, 5.41) is 2.37. The lowest BCUT2D eigenvalue weighted by Gasteiger charge is -2.07. The van der Waals surface area contributed by atoms with Crippen molar-refractivity contribution in [2.75, 3.05) is 0 Å². The molecule has 0 amide bonds. The molecule has 3 rings (SSSR count). The third kappa shape index (κ3) is 2.93. The molecular weight excluding hydrogens is 302 g/mol. The van der Waals surface area contributed by atoms with Crippen molar-refractivity contribution in [2.24, 2.45) is 0 Å². The van der Waals surface area contributed by atoms with E-state index in [0.29, 0.717) is 6.61 Å². The smallest absolute Gasteiger partial charge is 0.120 e. The Kier molecular flexibility index (Phi) is 3.47. The lowest BCUT2D eigenvalue weighted by Crippen LogP contribution is -1.95. The highest BCUT2D eigenvalue weighted by atomic mass is 79.9. The van der Waals surface area contributed by atoms with E-state index in [9.17, 15) is 0 Å². The Labute approximate surface area is 120 Å². The Morgan fingerprint density at radius 1 is 1.00 bits per heavy atom. The van der Waals surface area contributed by atoms with Gasteiger partial charge in [0.15, 0.2) is 0 Å². The molecule has 0 radical (unpaired) electrons. The molecule has 3 heteroatoms. The summed E-state index contributed by atoms with van der Waals surface area (Å²) in [7, 11) is 0. The molecule has 0 fully saturated rings. The largest absolute Gasteiger partial charge is 0.489 e. The lowest BCUT2D eigenvalue weighted by molar-refractivity contribution is 0.306. The van der Waals surface area contributed by atoms with Crippen molar-refractivity contribution in [2.45, 2.75) is 6.61 Å². The standard InChI is InChI=1S/C16H12BrNO/c17-15-5-3-14-9-16(6-4-13(14)8-15)19-11-12-2-1-7-18-10-12/h1-10H,11H2. The van der Waals surface area contributed by atoms with Crippen LogP contribution in [0.3, 0.4) is 0 Å². The number of halogens is 1. The van der Waals surface area contributed by atoms with Gasteiger partial charge in [-0.2, -0.15) is 0 Å². The van der Waals surface area contributed by atoms with Gasteiger partial charge in [0, 0.05) is 22.4 Å². The van der Waals surface area contributed by atoms with Crippen molar-refractivity contribution in [3.05, 3.63) is 71.0 Å². The molecule has 1 aromatic heterocycles. The van der Waals surface area contributed by atoms with Crippen LogP contribution in [0.2, 0.25) is 0 Å². The molecule has 2 nitrogen and oxygen atoms in total. The van der Waals surface area contributed by atoms with Crippen LogP contribution in [0, 0.1) is 0 Å². The van der Waals surface area contributed by atoms with Crippen molar-refractivity contribution in [3.63, 3.8) is 0 Å². The van der Waals surface area contributed by atoms with Gasteiger partial charge in [-0.15, -0.1) is 0 Å². The molecule has 0 aliphatic rings. The van der Waals surface area contributed by atoms with E-state index < -0.39 is 0 Å². The third-order valence-electron chi connectivity index (χ3n) is 2.90. The van der Waals surface area contributed by atoms with Crippen LogP contribution in [0.15, 0.2) is 65.4 Å². The molecule has 19 heavy (non-hydrogen) atoms. The van der Waals surface area contributed by atoms with E-state index >= 15 is 0 Å². The highest BCUT2D eigenvalue weighted by Gasteiger charge is 1.99. The summed E-state index contributed by atoms with van der Waals surface area (Å²) < 4.78 is 6.87. The fourth-order valence-corrected chi connectivity index (χ4v) is 2.31. The number of pyridine rings is 1. The maximum atomic E-state index is 5.78. The summed E-state index contributed by atoms with van der Waals surface area (Å²) in [5.41, 5.74) is 1.07. The number of nitrogens with zero attached hydrogens (tertiary/aromatic N) is 1. The molecule has 0 saturated carbocycles. The highest BCUT2D eigenvalue weighted by molar-refractivity contribution is 9.10. The minimum atomic E-state index is 0.538. The number of hydrogen-bond acceptors (Lipinski definition) is 2. The average Bonchev–Trinajstić information content (AvgIpc) is 2.46. The summed E-state index contributed by atoms with van der Waals surface area (Å²) in [6.07, 6.45) is 3.58. The van der Waals surface area contributed by atoms with Crippen molar-refractivity contribution in [1.29, 1.82) is 0 Å². The molecule has 0 bridgehead atoms. The molecule has 0 spiro atoms.